The molecule has 0 aliphatic rings. The highest BCUT2D eigenvalue weighted by Crippen LogP contribution is 2.12. The Kier molecular flexibility index (Phi) is 3.24. The van der Waals surface area contributed by atoms with Crippen molar-refractivity contribution in [2.75, 3.05) is 0 Å². The fraction of sp³-hybridized carbons (Fsp3) is 0.417. The van der Waals surface area contributed by atoms with Crippen molar-refractivity contribution in [3.05, 3.63) is 34.9 Å². The van der Waals surface area contributed by atoms with Gasteiger partial charge in [-0.3, -0.25) is 4.79 Å². The highest BCUT2D eigenvalue weighted by molar-refractivity contribution is 5.96. The van der Waals surface area contributed by atoms with Gasteiger partial charge in [-0.1, -0.05) is 19.1 Å². The van der Waals surface area contributed by atoms with E-state index in [4.69, 9.17) is 0 Å². The molecule has 0 aromatic heterocycles. The fourth-order valence-corrected chi connectivity index (χ4v) is 1.29. The number of hydrogen-bond donors (Lipinski definition) is 0. The van der Waals surface area contributed by atoms with Gasteiger partial charge >= 0.3 is 0 Å². The van der Waals surface area contributed by atoms with Crippen LogP contribution in [0.15, 0.2) is 18.2 Å². The summed E-state index contributed by atoms with van der Waals surface area (Å²) in [4.78, 5) is 11.5. The molecule has 1 nitrogen and oxygen atoms in total. The number of Topliss-reactive ketones (excluding diaryl/α,β-unsaturated/α-hetero) is 1. The average Bonchev–Trinajstić information content (AvgIpc) is 2.10. The number of ketones is 1. The predicted molar refractivity (Wildman–Crippen MR) is 55.2 cm³/mol. The van der Waals surface area contributed by atoms with E-state index < -0.39 is 0 Å². The molecule has 0 aliphatic heterocycles. The Morgan fingerprint density at radius 1 is 1.23 bits per heavy atom. The van der Waals surface area contributed by atoms with E-state index in [9.17, 15) is 4.79 Å². The topological polar surface area (TPSA) is 17.1 Å². The van der Waals surface area contributed by atoms with E-state index in [1.807, 2.05) is 32.0 Å². The van der Waals surface area contributed by atoms with Crippen molar-refractivity contribution >= 4 is 5.78 Å². The first-order valence-corrected chi connectivity index (χ1v) is 4.75. The van der Waals surface area contributed by atoms with Gasteiger partial charge in [0.15, 0.2) is 5.78 Å². The van der Waals surface area contributed by atoms with Crippen molar-refractivity contribution in [2.24, 2.45) is 0 Å². The monoisotopic (exact) mass is 176 g/mol. The van der Waals surface area contributed by atoms with Crippen molar-refractivity contribution in [2.45, 2.75) is 33.6 Å². The third-order valence-corrected chi connectivity index (χ3v) is 2.31. The van der Waals surface area contributed by atoms with Crippen LogP contribution in [0.4, 0.5) is 0 Å². The van der Waals surface area contributed by atoms with Gasteiger partial charge in [0.25, 0.3) is 0 Å². The van der Waals surface area contributed by atoms with Crippen LogP contribution in [-0.4, -0.2) is 5.78 Å². The van der Waals surface area contributed by atoms with Crippen LogP contribution in [0.5, 0.6) is 0 Å². The molecule has 0 spiro atoms. The Hall–Kier alpha value is -1.11. The normalized spacial score (nSPS) is 10.1. The maximum atomic E-state index is 11.5. The Morgan fingerprint density at radius 3 is 2.46 bits per heavy atom. The van der Waals surface area contributed by atoms with E-state index >= 15 is 0 Å². The number of carbonyl (C=O) groups excluding carboxylic acids is 1. The summed E-state index contributed by atoms with van der Waals surface area (Å²) in [7, 11) is 0. The lowest BCUT2D eigenvalue weighted by Gasteiger charge is -2.03. The Morgan fingerprint density at radius 2 is 1.92 bits per heavy atom. The summed E-state index contributed by atoms with van der Waals surface area (Å²) in [6, 6.07) is 5.91. The zero-order chi connectivity index (χ0) is 9.84. The summed E-state index contributed by atoms with van der Waals surface area (Å²) in [6.45, 7) is 6.13. The van der Waals surface area contributed by atoms with Gasteiger partial charge in [-0.25, -0.2) is 0 Å². The van der Waals surface area contributed by atoms with E-state index in [1.165, 1.54) is 11.1 Å². The van der Waals surface area contributed by atoms with Gasteiger partial charge in [-0.15, -0.1) is 0 Å². The molecule has 0 amide bonds. The van der Waals surface area contributed by atoms with E-state index in [0.717, 1.165) is 12.0 Å². The lowest BCUT2D eigenvalue weighted by atomic mass is 10.0. The summed E-state index contributed by atoms with van der Waals surface area (Å²) >= 11 is 0. The molecule has 1 rings (SSSR count). The molecular weight excluding hydrogens is 160 g/mol. The molecule has 1 aromatic carbocycles. The minimum absolute atomic E-state index is 0.255. The van der Waals surface area contributed by atoms with Gasteiger partial charge in [-0.05, 0) is 37.5 Å². The second-order valence-electron chi connectivity index (χ2n) is 3.47. The maximum absolute atomic E-state index is 11.5. The van der Waals surface area contributed by atoms with Crippen LogP contribution in [-0.2, 0) is 0 Å². The van der Waals surface area contributed by atoms with Crippen LogP contribution in [0.25, 0.3) is 0 Å². The van der Waals surface area contributed by atoms with Crippen molar-refractivity contribution in [1.29, 1.82) is 0 Å². The largest absolute Gasteiger partial charge is 0.294 e. The molecule has 1 aromatic rings. The Bertz CT molecular complexity index is 313. The summed E-state index contributed by atoms with van der Waals surface area (Å²) < 4.78 is 0. The van der Waals surface area contributed by atoms with Gasteiger partial charge < -0.3 is 0 Å². The van der Waals surface area contributed by atoms with Crippen LogP contribution in [0.3, 0.4) is 0 Å². The van der Waals surface area contributed by atoms with Crippen molar-refractivity contribution in [3.63, 3.8) is 0 Å². The zero-order valence-electron chi connectivity index (χ0n) is 8.55. The Labute approximate surface area is 79.8 Å². The van der Waals surface area contributed by atoms with E-state index in [0.29, 0.717) is 6.42 Å². The molecule has 0 aliphatic carbocycles. The van der Waals surface area contributed by atoms with Gasteiger partial charge in [-0.2, -0.15) is 0 Å². The molecule has 0 bridgehead atoms. The Balaban J connectivity index is 2.90. The number of benzene rings is 1. The van der Waals surface area contributed by atoms with E-state index in [2.05, 4.69) is 6.92 Å². The first kappa shape index (κ1) is 9.97. The van der Waals surface area contributed by atoms with Crippen LogP contribution in [0, 0.1) is 13.8 Å². The quantitative estimate of drug-likeness (QED) is 0.646. The molecule has 0 N–H and O–H groups in total. The lowest BCUT2D eigenvalue weighted by molar-refractivity contribution is 0.0981. The summed E-state index contributed by atoms with van der Waals surface area (Å²) in [5.41, 5.74) is 3.29. The van der Waals surface area contributed by atoms with Crippen LogP contribution in [0.2, 0.25) is 0 Å². The number of hydrogen-bond acceptors (Lipinski definition) is 1. The minimum Gasteiger partial charge on any atom is -0.294 e. The molecule has 1 heteroatoms. The van der Waals surface area contributed by atoms with Gasteiger partial charge in [0.1, 0.15) is 0 Å². The van der Waals surface area contributed by atoms with Crippen LogP contribution >= 0.6 is 0 Å². The lowest BCUT2D eigenvalue weighted by Crippen LogP contribution is -1.98. The van der Waals surface area contributed by atoms with Crippen LogP contribution < -0.4 is 0 Å². The highest BCUT2D eigenvalue weighted by atomic mass is 16.1. The van der Waals surface area contributed by atoms with Crippen molar-refractivity contribution in [1.82, 2.24) is 0 Å². The van der Waals surface area contributed by atoms with Crippen LogP contribution in [0.1, 0.15) is 41.3 Å². The molecule has 0 saturated heterocycles. The number of carbonyl (C=O) groups is 1. The number of rotatable bonds is 3. The second-order valence-corrected chi connectivity index (χ2v) is 3.47. The van der Waals surface area contributed by atoms with Crippen molar-refractivity contribution < 1.29 is 4.79 Å². The summed E-state index contributed by atoms with van der Waals surface area (Å²) in [6.07, 6.45) is 1.58. The molecule has 0 unspecified atom stereocenters. The first-order chi connectivity index (χ1) is 6.15. The summed E-state index contributed by atoms with van der Waals surface area (Å²) in [5.74, 6) is 0.255. The average molecular weight is 176 g/mol. The van der Waals surface area contributed by atoms with Gasteiger partial charge in [0, 0.05) is 12.0 Å². The predicted octanol–water partition coefficient (Wildman–Crippen LogP) is 3.29. The van der Waals surface area contributed by atoms with Gasteiger partial charge in [0.05, 0.1) is 0 Å². The third-order valence-electron chi connectivity index (χ3n) is 2.31. The highest BCUT2D eigenvalue weighted by Gasteiger charge is 2.04. The standard InChI is InChI=1S/C12H16O/c1-4-5-12(13)11-7-6-9(2)10(3)8-11/h6-8H,4-5H2,1-3H3. The molecule has 13 heavy (non-hydrogen) atoms. The van der Waals surface area contributed by atoms with Gasteiger partial charge in [0.2, 0.25) is 0 Å². The van der Waals surface area contributed by atoms with E-state index in [-0.39, 0.29) is 5.78 Å². The molecular formula is C12H16O. The second kappa shape index (κ2) is 4.22. The summed E-state index contributed by atoms with van der Waals surface area (Å²) in [5, 5.41) is 0. The minimum atomic E-state index is 0.255. The molecule has 0 heterocycles. The smallest absolute Gasteiger partial charge is 0.162 e. The number of aryl methyl sites for hydroxylation is 2. The SMILES string of the molecule is CCCC(=O)c1ccc(C)c(C)c1. The third kappa shape index (κ3) is 2.41. The molecule has 0 atom stereocenters. The molecule has 70 valence electrons. The zero-order valence-corrected chi connectivity index (χ0v) is 8.55. The first-order valence-electron chi connectivity index (χ1n) is 4.75. The molecule has 0 fully saturated rings. The van der Waals surface area contributed by atoms with E-state index in [1.54, 1.807) is 0 Å². The molecule has 0 saturated carbocycles. The molecule has 0 radical (unpaired) electrons. The maximum Gasteiger partial charge on any atom is 0.162 e. The fourth-order valence-electron chi connectivity index (χ4n) is 1.29. The van der Waals surface area contributed by atoms with Crippen molar-refractivity contribution in [3.8, 4) is 0 Å².